The van der Waals surface area contributed by atoms with Gasteiger partial charge in [-0.3, -0.25) is 40.0 Å². The van der Waals surface area contributed by atoms with Crippen LogP contribution in [0.1, 0.15) is 25.0 Å². The van der Waals surface area contributed by atoms with E-state index in [1.807, 2.05) is 0 Å². The molecule has 4 aromatic rings. The molecular weight excluding hydrogens is 860 g/mol. The average Bonchev–Trinajstić information content (AvgIpc) is 3.92. The summed E-state index contributed by atoms with van der Waals surface area (Å²) in [4.78, 5) is 51.1. The Kier molecular flexibility index (Phi) is 15.4. The standard InChI is InChI=1S/C21H25N2.2C9H6N4O4S.Co/c1-21(2)18-8-6-7-9-19(18)23(5)20(21)15-12-16-10-13-17(14-11-16)22(3)4;2*14-5-1-2-6(7(15)3-5)11-12-9-10-4-8(18-9)13(16)17;/h6-15H,1-5H3;2*1-4H,(H2,10,12,14,15);/q+1;;;/p-2. The van der Waals surface area contributed by atoms with Gasteiger partial charge in [0.2, 0.25) is 5.69 Å². The number of aliphatic hydroxyl groups excluding tert-OH is 2. The summed E-state index contributed by atoms with van der Waals surface area (Å²) >= 11 is 1.51. The maximum Gasteiger partial charge on any atom is 0.319 e. The molecule has 0 saturated heterocycles. The Hall–Kier alpha value is -6.94. The Balaban J connectivity index is 0.000000199. The van der Waals surface area contributed by atoms with Gasteiger partial charge in [0.15, 0.2) is 17.3 Å². The molecule has 0 saturated carbocycles. The van der Waals surface area contributed by atoms with Crippen LogP contribution in [-0.2, 0) is 31.8 Å². The second-order valence-electron chi connectivity index (χ2n) is 13.1. The zero-order valence-electron chi connectivity index (χ0n) is 32.4. The van der Waals surface area contributed by atoms with Crippen molar-refractivity contribution in [2.45, 2.75) is 19.3 Å². The zero-order valence-corrected chi connectivity index (χ0v) is 35.0. The molecule has 2 aromatic heterocycles. The second-order valence-corrected chi connectivity index (χ2v) is 15.1. The summed E-state index contributed by atoms with van der Waals surface area (Å²) in [6, 6.07) is 17.3. The van der Waals surface area contributed by atoms with Gasteiger partial charge in [-0.1, -0.05) is 53.0 Å². The summed E-state index contributed by atoms with van der Waals surface area (Å²) in [5, 5.41) is 53.9. The van der Waals surface area contributed by atoms with Crippen LogP contribution < -0.4 is 24.5 Å². The molecule has 0 amide bonds. The number of aliphatic hydroxyl groups is 2. The third-order valence-electron chi connectivity index (χ3n) is 8.49. The third kappa shape index (κ3) is 11.6. The quantitative estimate of drug-likeness (QED) is 0.103. The largest absolute Gasteiger partial charge is 0.506 e. The molecule has 0 spiro atoms. The number of hydrogen-bond acceptors (Lipinski definition) is 15. The van der Waals surface area contributed by atoms with Crippen LogP contribution in [-0.4, -0.2) is 74.5 Å². The molecule has 3 aliphatic rings. The number of benzene rings is 2. The summed E-state index contributed by atoms with van der Waals surface area (Å²) in [7, 11) is 6.28. The van der Waals surface area contributed by atoms with Gasteiger partial charge in [0, 0.05) is 88.4 Å². The molecule has 2 aliphatic carbocycles. The van der Waals surface area contributed by atoms with Crippen molar-refractivity contribution in [2.75, 3.05) is 26.0 Å². The van der Waals surface area contributed by atoms with Crippen molar-refractivity contribution >= 4 is 78.8 Å². The number of anilines is 1. The molecule has 18 nitrogen and oxygen atoms in total. The van der Waals surface area contributed by atoms with Crippen molar-refractivity contribution < 1.29 is 51.0 Å². The Morgan fingerprint density at radius 1 is 0.750 bits per heavy atom. The van der Waals surface area contributed by atoms with E-state index in [2.05, 4.69) is 136 Å². The van der Waals surface area contributed by atoms with Crippen LogP contribution in [0.4, 0.5) is 21.4 Å². The molecule has 1 radical (unpaired) electrons. The summed E-state index contributed by atoms with van der Waals surface area (Å²) in [5.74, 6) is -1.32. The third-order valence-corrected chi connectivity index (χ3v) is 10.2. The number of nitrogens with zero attached hydrogens (tertiary/aromatic N) is 10. The fourth-order valence-electron chi connectivity index (χ4n) is 5.50. The van der Waals surface area contributed by atoms with Gasteiger partial charge < -0.3 is 35.3 Å². The number of fused-ring (bicyclic) bond motifs is 1. The second kappa shape index (κ2) is 20.2. The van der Waals surface area contributed by atoms with Crippen molar-refractivity contribution in [3.8, 4) is 0 Å². The minimum atomic E-state index is -0.583. The molecule has 60 heavy (non-hydrogen) atoms. The van der Waals surface area contributed by atoms with Gasteiger partial charge in [-0.15, -0.1) is 0 Å². The van der Waals surface area contributed by atoms with Gasteiger partial charge in [0.1, 0.15) is 30.0 Å². The number of allylic oxidation sites excluding steroid dienone is 7. The Bertz CT molecular complexity index is 2590. The molecule has 1 aliphatic heterocycles. The van der Waals surface area contributed by atoms with Gasteiger partial charge in [-0.25, -0.2) is 0 Å². The first-order valence-corrected chi connectivity index (χ1v) is 18.9. The maximum atomic E-state index is 10.9. The minimum Gasteiger partial charge on any atom is -0.506 e. The van der Waals surface area contributed by atoms with Crippen molar-refractivity contribution in [1.82, 2.24) is 9.97 Å². The smallest absolute Gasteiger partial charge is 0.319 e. The monoisotopic (exact) mass is 894 g/mol. The predicted octanol–water partition coefficient (Wildman–Crippen LogP) is 5.37. The predicted molar refractivity (Wildman–Crippen MR) is 224 cm³/mol. The molecular formula is C39H35CoN10O8S2-. The summed E-state index contributed by atoms with van der Waals surface area (Å²) in [6.45, 7) is 4.59. The maximum absolute atomic E-state index is 10.9. The van der Waals surface area contributed by atoms with E-state index in [-0.39, 0.29) is 76.3 Å². The first-order valence-electron chi connectivity index (χ1n) is 17.2. The van der Waals surface area contributed by atoms with E-state index in [0.29, 0.717) is 0 Å². The minimum absolute atomic E-state index is 0. The Morgan fingerprint density at radius 3 is 1.65 bits per heavy atom. The molecule has 3 heterocycles. The number of para-hydroxylation sites is 1. The first-order chi connectivity index (χ1) is 28.0. The van der Waals surface area contributed by atoms with Crippen molar-refractivity contribution in [3.63, 3.8) is 0 Å². The summed E-state index contributed by atoms with van der Waals surface area (Å²) in [5.41, 5.74) is 6.69. The number of rotatable bonds is 7. The van der Waals surface area contributed by atoms with Gasteiger partial charge >= 0.3 is 10.0 Å². The van der Waals surface area contributed by atoms with E-state index in [1.165, 1.54) is 52.5 Å². The van der Waals surface area contributed by atoms with Crippen molar-refractivity contribution in [2.24, 2.45) is 20.4 Å². The summed E-state index contributed by atoms with van der Waals surface area (Å²) in [6.07, 6.45) is 13.6. The van der Waals surface area contributed by atoms with E-state index in [4.69, 9.17) is 0 Å². The molecule has 7 rings (SSSR count). The normalized spacial score (nSPS) is 17.1. The molecule has 21 heteroatoms. The van der Waals surface area contributed by atoms with Crippen LogP contribution in [0.5, 0.6) is 0 Å². The van der Waals surface area contributed by atoms with E-state index in [0.717, 1.165) is 47.2 Å². The number of carbonyl (C=O) groups is 2. The van der Waals surface area contributed by atoms with Crippen molar-refractivity contribution in [3.05, 3.63) is 156 Å². The molecule has 311 valence electrons. The number of ketones is 2. The van der Waals surface area contributed by atoms with Crippen LogP contribution in [0.15, 0.2) is 135 Å². The van der Waals surface area contributed by atoms with Crippen molar-refractivity contribution in [1.29, 1.82) is 0 Å². The van der Waals surface area contributed by atoms with Gasteiger partial charge in [0.25, 0.3) is 0 Å². The zero-order chi connectivity index (χ0) is 42.9. The number of aromatic nitrogens is 2. The Labute approximate surface area is 359 Å². The van der Waals surface area contributed by atoms with E-state index in [1.54, 1.807) is 0 Å². The van der Waals surface area contributed by atoms with Crippen LogP contribution in [0.2, 0.25) is 0 Å². The first kappa shape index (κ1) is 45.8. The SMILES string of the molecule is CN(C)c1ccc(/C=C/C2=[N+](C)c3ccccc3C2(C)C)cc1.O=C1C=CC(=NN=c2[n-]cc([N+](=O)[O-])s2)C(O)=C1.O=C1C=CC(=NN=c2[n-]cc([N+](=O)[O-])s2)C(O)=C1.[Co]. The molecule has 0 atom stereocenters. The molecule has 2 N–H and O–H groups in total. The van der Waals surface area contributed by atoms with Crippen LogP contribution in [0.3, 0.4) is 0 Å². The van der Waals surface area contributed by atoms with Gasteiger partial charge in [-0.05, 0) is 61.9 Å². The summed E-state index contributed by atoms with van der Waals surface area (Å²) < 4.78 is 2.31. The molecule has 0 bridgehead atoms. The van der Waals surface area contributed by atoms with Gasteiger partial charge in [0.05, 0.1) is 15.3 Å². The topological polar surface area (TPSA) is 245 Å². The van der Waals surface area contributed by atoms with E-state index >= 15 is 0 Å². The number of nitro groups is 2. The van der Waals surface area contributed by atoms with Gasteiger partial charge in [-0.2, -0.15) is 4.58 Å². The van der Waals surface area contributed by atoms with Crippen LogP contribution in [0.25, 0.3) is 6.08 Å². The van der Waals surface area contributed by atoms with Crippen LogP contribution >= 0.6 is 22.7 Å². The number of thiazole rings is 2. The molecule has 2 aromatic carbocycles. The number of carbonyl (C=O) groups excluding carboxylic acids is 2. The fraction of sp³-hybridized carbons (Fsp3) is 0.154. The molecule has 0 unspecified atom stereocenters. The average molecular weight is 895 g/mol. The van der Waals surface area contributed by atoms with E-state index in [9.17, 15) is 40.0 Å². The van der Waals surface area contributed by atoms with Crippen LogP contribution in [0, 0.1) is 20.2 Å². The fourth-order valence-corrected chi connectivity index (χ4v) is 6.61. The van der Waals surface area contributed by atoms with E-state index < -0.39 is 9.85 Å². The Morgan fingerprint density at radius 2 is 1.23 bits per heavy atom. The number of hydrogen-bond donors (Lipinski definition) is 2. The molecule has 0 fully saturated rings.